The van der Waals surface area contributed by atoms with Crippen molar-refractivity contribution in [2.24, 2.45) is 0 Å². The number of anilines is 1. The van der Waals surface area contributed by atoms with Crippen LogP contribution in [0.4, 0.5) is 5.69 Å². The van der Waals surface area contributed by atoms with Gasteiger partial charge in [-0.05, 0) is 18.2 Å². The smallest absolute Gasteiger partial charge is 0.300 e. The normalized spacial score (nSPS) is 10.2. The molecule has 1 aromatic heterocycles. The molecule has 0 aliphatic carbocycles. The predicted molar refractivity (Wildman–Crippen MR) is 50.7 cm³/mol. The van der Waals surface area contributed by atoms with Gasteiger partial charge in [-0.15, -0.1) is 0 Å². The van der Waals surface area contributed by atoms with E-state index >= 15 is 0 Å². The first-order valence-electron chi connectivity index (χ1n) is 3.56. The summed E-state index contributed by atoms with van der Waals surface area (Å²) in [5, 5.41) is 0.343. The Bertz CT molecular complexity index is 452. The van der Waals surface area contributed by atoms with Crippen molar-refractivity contribution in [2.45, 2.75) is 0 Å². The quantitative estimate of drug-likeness (QED) is 0.580. The van der Waals surface area contributed by atoms with Crippen LogP contribution in [0.3, 0.4) is 0 Å². The van der Waals surface area contributed by atoms with Crippen LogP contribution >= 0.6 is 11.3 Å². The molecule has 0 saturated carbocycles. The second kappa shape index (κ2) is 3.02. The minimum absolute atomic E-state index is 0.343. The number of ether oxygens (including phenoxy) is 1. The number of thiazole rings is 1. The Labute approximate surface area is 78.0 Å². The third-order valence-corrected chi connectivity index (χ3v) is 2.47. The van der Waals surface area contributed by atoms with Gasteiger partial charge in [0.05, 0.1) is 10.2 Å². The summed E-state index contributed by atoms with van der Waals surface area (Å²) in [5.74, 6) is 0. The molecule has 0 fully saturated rings. The molecule has 1 heterocycles. The summed E-state index contributed by atoms with van der Waals surface area (Å²) in [6.45, 7) is 0.362. The fourth-order valence-corrected chi connectivity index (χ4v) is 1.78. The van der Waals surface area contributed by atoms with Gasteiger partial charge in [0.15, 0.2) is 0 Å². The zero-order valence-electron chi connectivity index (χ0n) is 6.56. The highest BCUT2D eigenvalue weighted by molar-refractivity contribution is 7.20. The van der Waals surface area contributed by atoms with Gasteiger partial charge in [0.2, 0.25) is 0 Å². The Morgan fingerprint density at radius 2 is 2.38 bits per heavy atom. The number of aromatic nitrogens is 1. The van der Waals surface area contributed by atoms with Gasteiger partial charge >= 0.3 is 0 Å². The van der Waals surface area contributed by atoms with Gasteiger partial charge < -0.3 is 10.5 Å². The van der Waals surface area contributed by atoms with Crippen molar-refractivity contribution in [1.82, 2.24) is 4.98 Å². The predicted octanol–water partition coefficient (Wildman–Crippen LogP) is 1.41. The lowest BCUT2D eigenvalue weighted by Gasteiger charge is -1.88. The topological polar surface area (TPSA) is 65.2 Å². The van der Waals surface area contributed by atoms with E-state index in [2.05, 4.69) is 9.72 Å². The van der Waals surface area contributed by atoms with Gasteiger partial charge in [0.25, 0.3) is 11.7 Å². The van der Waals surface area contributed by atoms with Crippen LogP contribution in [0.1, 0.15) is 0 Å². The first kappa shape index (κ1) is 8.00. The molecule has 0 saturated heterocycles. The van der Waals surface area contributed by atoms with Crippen LogP contribution < -0.4 is 10.5 Å². The molecule has 4 nitrogen and oxygen atoms in total. The molecule has 0 aliphatic rings. The zero-order chi connectivity index (χ0) is 9.26. The summed E-state index contributed by atoms with van der Waals surface area (Å²) in [6.07, 6.45) is 0. The third-order valence-electron chi connectivity index (χ3n) is 1.54. The number of nitrogens with two attached hydrogens (primary N) is 1. The lowest BCUT2D eigenvalue weighted by atomic mass is 10.3. The van der Waals surface area contributed by atoms with E-state index in [1.807, 2.05) is 6.07 Å². The van der Waals surface area contributed by atoms with Crippen molar-refractivity contribution >= 4 is 33.7 Å². The van der Waals surface area contributed by atoms with Gasteiger partial charge in [-0.25, -0.2) is 4.98 Å². The Balaban J connectivity index is 2.55. The van der Waals surface area contributed by atoms with E-state index in [-0.39, 0.29) is 0 Å². The number of fused-ring (bicyclic) bond motifs is 1. The Morgan fingerprint density at radius 1 is 1.54 bits per heavy atom. The lowest BCUT2D eigenvalue weighted by molar-refractivity contribution is -0.120. The SMILES string of the molecule is Nc1ccc2sc(OC=O)nc2c1. The standard InChI is InChI=1S/C8H6N2O2S/c9-5-1-2-7-6(3-5)10-8(13-7)12-4-11/h1-4H,9H2. The molecule has 0 bridgehead atoms. The second-order valence-corrected chi connectivity index (χ2v) is 3.41. The molecular formula is C8H6N2O2S. The fraction of sp³-hybridized carbons (Fsp3) is 0. The highest BCUT2D eigenvalue weighted by Gasteiger charge is 2.03. The number of benzene rings is 1. The van der Waals surface area contributed by atoms with Crippen molar-refractivity contribution in [3.8, 4) is 5.19 Å². The number of hydrogen-bond acceptors (Lipinski definition) is 5. The summed E-state index contributed by atoms with van der Waals surface area (Å²) in [5.41, 5.74) is 6.96. The minimum atomic E-state index is 0.343. The maximum atomic E-state index is 10.0. The highest BCUT2D eigenvalue weighted by Crippen LogP contribution is 2.28. The summed E-state index contributed by atoms with van der Waals surface area (Å²) in [6, 6.07) is 5.37. The van der Waals surface area contributed by atoms with Gasteiger partial charge in [0.1, 0.15) is 0 Å². The molecule has 0 spiro atoms. The van der Waals surface area contributed by atoms with Gasteiger partial charge in [-0.1, -0.05) is 11.3 Å². The number of rotatable bonds is 2. The van der Waals surface area contributed by atoms with Crippen molar-refractivity contribution in [2.75, 3.05) is 5.73 Å². The van der Waals surface area contributed by atoms with Crippen molar-refractivity contribution in [3.05, 3.63) is 18.2 Å². The van der Waals surface area contributed by atoms with Crippen LogP contribution in [0.5, 0.6) is 5.19 Å². The van der Waals surface area contributed by atoms with E-state index in [4.69, 9.17) is 5.73 Å². The molecule has 2 N–H and O–H groups in total. The van der Waals surface area contributed by atoms with E-state index in [1.54, 1.807) is 12.1 Å². The van der Waals surface area contributed by atoms with Crippen molar-refractivity contribution in [1.29, 1.82) is 0 Å². The number of nitrogen functional groups attached to an aromatic ring is 1. The van der Waals surface area contributed by atoms with E-state index in [0.717, 1.165) is 10.2 Å². The fourth-order valence-electron chi connectivity index (χ4n) is 1.01. The first-order chi connectivity index (χ1) is 6.29. The second-order valence-electron chi connectivity index (χ2n) is 2.42. The first-order valence-corrected chi connectivity index (χ1v) is 4.37. The van der Waals surface area contributed by atoms with Crippen LogP contribution in [0, 0.1) is 0 Å². The molecule has 0 radical (unpaired) electrons. The number of carbonyl (C=O) groups is 1. The molecule has 0 atom stereocenters. The third kappa shape index (κ3) is 1.46. The molecular weight excluding hydrogens is 188 g/mol. The van der Waals surface area contributed by atoms with Gasteiger partial charge in [-0.3, -0.25) is 4.79 Å². The Hall–Kier alpha value is -1.62. The lowest BCUT2D eigenvalue weighted by Crippen LogP contribution is -1.86. The van der Waals surface area contributed by atoms with Crippen LogP contribution in [0.25, 0.3) is 10.2 Å². The van der Waals surface area contributed by atoms with Gasteiger partial charge in [-0.2, -0.15) is 0 Å². The van der Waals surface area contributed by atoms with Crippen LogP contribution in [0.2, 0.25) is 0 Å². The van der Waals surface area contributed by atoms with Gasteiger partial charge in [0, 0.05) is 5.69 Å². The maximum absolute atomic E-state index is 10.0. The maximum Gasteiger partial charge on any atom is 0.300 e. The van der Waals surface area contributed by atoms with Crippen LogP contribution in [0.15, 0.2) is 18.2 Å². The Kier molecular flexibility index (Phi) is 1.86. The molecule has 5 heteroatoms. The van der Waals surface area contributed by atoms with Crippen LogP contribution in [-0.2, 0) is 4.79 Å². The summed E-state index contributed by atoms with van der Waals surface area (Å²) in [4.78, 5) is 14.1. The molecule has 0 unspecified atom stereocenters. The molecule has 2 aromatic rings. The molecule has 13 heavy (non-hydrogen) atoms. The monoisotopic (exact) mass is 194 g/mol. The molecule has 0 aliphatic heterocycles. The highest BCUT2D eigenvalue weighted by atomic mass is 32.1. The summed E-state index contributed by atoms with van der Waals surface area (Å²) in [7, 11) is 0. The molecule has 2 rings (SSSR count). The number of carbonyl (C=O) groups excluding carboxylic acids is 1. The van der Waals surface area contributed by atoms with E-state index in [1.165, 1.54) is 11.3 Å². The zero-order valence-corrected chi connectivity index (χ0v) is 7.38. The van der Waals surface area contributed by atoms with E-state index in [9.17, 15) is 4.79 Å². The molecule has 1 aromatic carbocycles. The largest absolute Gasteiger partial charge is 0.400 e. The summed E-state index contributed by atoms with van der Waals surface area (Å²) >= 11 is 1.31. The summed E-state index contributed by atoms with van der Waals surface area (Å²) < 4.78 is 5.57. The number of nitrogens with zero attached hydrogens (tertiary/aromatic N) is 1. The minimum Gasteiger partial charge on any atom is -0.400 e. The van der Waals surface area contributed by atoms with E-state index in [0.29, 0.717) is 17.4 Å². The van der Waals surface area contributed by atoms with Crippen molar-refractivity contribution in [3.63, 3.8) is 0 Å². The average Bonchev–Trinajstić information content (AvgIpc) is 2.46. The Morgan fingerprint density at radius 3 is 3.15 bits per heavy atom. The number of hydrogen-bond donors (Lipinski definition) is 1. The van der Waals surface area contributed by atoms with Crippen molar-refractivity contribution < 1.29 is 9.53 Å². The van der Waals surface area contributed by atoms with Crippen LogP contribution in [-0.4, -0.2) is 11.5 Å². The average molecular weight is 194 g/mol. The van der Waals surface area contributed by atoms with E-state index < -0.39 is 0 Å². The molecule has 66 valence electrons. The molecule has 0 amide bonds.